The summed E-state index contributed by atoms with van der Waals surface area (Å²) in [6, 6.07) is 5.89. The minimum atomic E-state index is -1.14. The third-order valence-electron chi connectivity index (χ3n) is 3.52. The predicted octanol–water partition coefficient (Wildman–Crippen LogP) is 3.09. The first kappa shape index (κ1) is 17.2. The zero-order valence-corrected chi connectivity index (χ0v) is 14.7. The minimum absolute atomic E-state index is 0.120. The molecule has 1 aromatic heterocycles. The van der Waals surface area contributed by atoms with E-state index in [1.54, 1.807) is 35.9 Å². The highest BCUT2D eigenvalue weighted by Crippen LogP contribution is 2.24. The van der Waals surface area contributed by atoms with E-state index in [0.29, 0.717) is 21.3 Å². The maximum Gasteiger partial charge on any atom is 0.330 e. The maximum atomic E-state index is 12.5. The van der Waals surface area contributed by atoms with Crippen molar-refractivity contribution in [1.29, 1.82) is 0 Å². The lowest BCUT2D eigenvalue weighted by molar-refractivity contribution is -0.139. The quantitative estimate of drug-likeness (QED) is 0.835. The van der Waals surface area contributed by atoms with Gasteiger partial charge in [0.25, 0.3) is 5.91 Å². The summed E-state index contributed by atoms with van der Waals surface area (Å²) in [5.41, 5.74) is 1.56. The van der Waals surface area contributed by atoms with Crippen LogP contribution in [0.1, 0.15) is 47.5 Å². The molecular formula is C16H18BrN3O3. The van der Waals surface area contributed by atoms with Gasteiger partial charge in [-0.2, -0.15) is 5.10 Å². The average Bonchev–Trinajstić information content (AvgIpc) is 2.87. The van der Waals surface area contributed by atoms with Crippen molar-refractivity contribution in [2.75, 3.05) is 0 Å². The van der Waals surface area contributed by atoms with Crippen molar-refractivity contribution < 1.29 is 14.7 Å². The molecule has 1 aromatic carbocycles. The minimum Gasteiger partial charge on any atom is -0.479 e. The fraction of sp³-hybridized carbons (Fsp3) is 0.312. The molecular weight excluding hydrogens is 362 g/mol. The predicted molar refractivity (Wildman–Crippen MR) is 89.3 cm³/mol. The molecule has 1 atom stereocenters. The van der Waals surface area contributed by atoms with Gasteiger partial charge < -0.3 is 10.4 Å². The van der Waals surface area contributed by atoms with Gasteiger partial charge >= 0.3 is 5.97 Å². The van der Waals surface area contributed by atoms with Crippen LogP contribution in [0.5, 0.6) is 0 Å². The second-order valence-electron chi connectivity index (χ2n) is 5.45. The highest BCUT2D eigenvalue weighted by atomic mass is 79.9. The van der Waals surface area contributed by atoms with E-state index >= 15 is 0 Å². The Morgan fingerprint density at radius 1 is 1.30 bits per heavy atom. The van der Waals surface area contributed by atoms with Gasteiger partial charge in [0.05, 0.1) is 11.8 Å². The van der Waals surface area contributed by atoms with Crippen LogP contribution in [0.15, 0.2) is 34.9 Å². The molecule has 2 N–H and O–H groups in total. The number of hydrogen-bond acceptors (Lipinski definition) is 3. The molecule has 0 saturated carbocycles. The monoisotopic (exact) mass is 379 g/mol. The molecule has 0 fully saturated rings. The summed E-state index contributed by atoms with van der Waals surface area (Å²) in [5.74, 6) is -1.59. The molecule has 0 saturated heterocycles. The highest BCUT2D eigenvalue weighted by molar-refractivity contribution is 9.10. The number of benzene rings is 1. The first-order chi connectivity index (χ1) is 10.8. The van der Waals surface area contributed by atoms with Gasteiger partial charge in [-0.05, 0) is 32.4 Å². The molecule has 2 aromatic rings. The van der Waals surface area contributed by atoms with Crippen LogP contribution < -0.4 is 5.32 Å². The lowest BCUT2D eigenvalue weighted by Gasteiger charge is -2.16. The van der Waals surface area contributed by atoms with Crippen LogP contribution in [0, 0.1) is 6.92 Å². The molecule has 122 valence electrons. The van der Waals surface area contributed by atoms with Crippen molar-refractivity contribution in [3.63, 3.8) is 0 Å². The number of amides is 1. The van der Waals surface area contributed by atoms with Crippen molar-refractivity contribution in [3.05, 3.63) is 51.8 Å². The van der Waals surface area contributed by atoms with Crippen LogP contribution in [-0.2, 0) is 4.79 Å². The van der Waals surface area contributed by atoms with Crippen LogP contribution in [-0.4, -0.2) is 26.8 Å². The third-order valence-corrected chi connectivity index (χ3v) is 4.24. The van der Waals surface area contributed by atoms with Crippen LogP contribution in [0.4, 0.5) is 0 Å². The van der Waals surface area contributed by atoms with Gasteiger partial charge in [0.1, 0.15) is 0 Å². The Labute approximate surface area is 142 Å². The van der Waals surface area contributed by atoms with Gasteiger partial charge in [-0.3, -0.25) is 9.48 Å². The van der Waals surface area contributed by atoms with Gasteiger partial charge in [0.15, 0.2) is 6.04 Å². The fourth-order valence-corrected chi connectivity index (χ4v) is 2.87. The molecule has 7 heteroatoms. The molecule has 0 aliphatic carbocycles. The zero-order valence-electron chi connectivity index (χ0n) is 13.1. The standard InChI is InChI=1S/C16H18BrN3O3/c1-9(2)20-10(3)12(8-18-20)15(21)19-14(16(22)23)11-6-4-5-7-13(11)17/h4-9,14H,1-3H3,(H,19,21)(H,22,23). The number of nitrogens with zero attached hydrogens (tertiary/aromatic N) is 2. The molecule has 1 heterocycles. The molecule has 0 aliphatic heterocycles. The van der Waals surface area contributed by atoms with E-state index in [1.165, 1.54) is 6.20 Å². The van der Waals surface area contributed by atoms with E-state index in [9.17, 15) is 14.7 Å². The Kier molecular flexibility index (Phi) is 5.20. The van der Waals surface area contributed by atoms with E-state index in [2.05, 4.69) is 26.3 Å². The highest BCUT2D eigenvalue weighted by Gasteiger charge is 2.26. The number of nitrogens with one attached hydrogen (secondary N) is 1. The lowest BCUT2D eigenvalue weighted by atomic mass is 10.1. The van der Waals surface area contributed by atoms with Crippen molar-refractivity contribution in [3.8, 4) is 0 Å². The van der Waals surface area contributed by atoms with Crippen molar-refractivity contribution in [2.24, 2.45) is 0 Å². The summed E-state index contributed by atoms with van der Waals surface area (Å²) in [6.45, 7) is 5.71. The largest absolute Gasteiger partial charge is 0.479 e. The van der Waals surface area contributed by atoms with Crippen LogP contribution >= 0.6 is 15.9 Å². The Morgan fingerprint density at radius 3 is 2.48 bits per heavy atom. The Morgan fingerprint density at radius 2 is 1.96 bits per heavy atom. The molecule has 0 spiro atoms. The second kappa shape index (κ2) is 6.95. The van der Waals surface area contributed by atoms with Crippen molar-refractivity contribution in [2.45, 2.75) is 32.9 Å². The van der Waals surface area contributed by atoms with Crippen LogP contribution in [0.25, 0.3) is 0 Å². The molecule has 1 amide bonds. The molecule has 2 rings (SSSR count). The number of carbonyl (C=O) groups is 2. The van der Waals surface area contributed by atoms with Gasteiger partial charge in [0.2, 0.25) is 0 Å². The van der Waals surface area contributed by atoms with E-state index in [4.69, 9.17) is 0 Å². The Bertz CT molecular complexity index is 740. The summed E-state index contributed by atoms with van der Waals surface area (Å²) < 4.78 is 2.35. The second-order valence-corrected chi connectivity index (χ2v) is 6.30. The SMILES string of the molecule is Cc1c(C(=O)NC(C(=O)O)c2ccccc2Br)cnn1C(C)C. The van der Waals surface area contributed by atoms with Gasteiger partial charge in [0, 0.05) is 16.2 Å². The van der Waals surface area contributed by atoms with E-state index < -0.39 is 17.9 Å². The third kappa shape index (κ3) is 3.61. The smallest absolute Gasteiger partial charge is 0.330 e. The Balaban J connectivity index is 2.30. The first-order valence-electron chi connectivity index (χ1n) is 7.15. The lowest BCUT2D eigenvalue weighted by Crippen LogP contribution is -2.34. The molecule has 0 radical (unpaired) electrons. The molecule has 23 heavy (non-hydrogen) atoms. The van der Waals surface area contributed by atoms with Gasteiger partial charge in [-0.25, -0.2) is 4.79 Å². The maximum absolute atomic E-state index is 12.5. The molecule has 6 nitrogen and oxygen atoms in total. The van der Waals surface area contributed by atoms with Crippen LogP contribution in [0.3, 0.4) is 0 Å². The summed E-state index contributed by atoms with van der Waals surface area (Å²) in [6.07, 6.45) is 1.46. The number of carboxylic acids is 1. The zero-order chi connectivity index (χ0) is 17.1. The van der Waals surface area contributed by atoms with E-state index in [1.807, 2.05) is 13.8 Å². The van der Waals surface area contributed by atoms with Gasteiger partial charge in [-0.1, -0.05) is 34.1 Å². The average molecular weight is 380 g/mol. The number of halogens is 1. The van der Waals surface area contributed by atoms with E-state index in [-0.39, 0.29) is 6.04 Å². The molecule has 0 aliphatic rings. The summed E-state index contributed by atoms with van der Waals surface area (Å²) in [4.78, 5) is 24.0. The van der Waals surface area contributed by atoms with Crippen molar-refractivity contribution in [1.82, 2.24) is 15.1 Å². The summed E-state index contributed by atoms with van der Waals surface area (Å²) in [5, 5.41) is 16.2. The topological polar surface area (TPSA) is 84.2 Å². The molecule has 1 unspecified atom stereocenters. The summed E-state index contributed by atoms with van der Waals surface area (Å²) in [7, 11) is 0. The number of rotatable bonds is 5. The number of carbonyl (C=O) groups excluding carboxylic acids is 1. The molecule has 0 bridgehead atoms. The van der Waals surface area contributed by atoms with E-state index in [0.717, 1.165) is 0 Å². The van der Waals surface area contributed by atoms with Gasteiger partial charge in [-0.15, -0.1) is 0 Å². The first-order valence-corrected chi connectivity index (χ1v) is 7.94. The number of aromatic nitrogens is 2. The number of carboxylic acid groups (broad SMARTS) is 1. The Hall–Kier alpha value is -2.15. The number of aliphatic carboxylic acids is 1. The summed E-state index contributed by atoms with van der Waals surface area (Å²) >= 11 is 3.32. The van der Waals surface area contributed by atoms with Crippen molar-refractivity contribution >= 4 is 27.8 Å². The normalized spacial score (nSPS) is 12.2. The van der Waals surface area contributed by atoms with Crippen LogP contribution in [0.2, 0.25) is 0 Å². The number of hydrogen-bond donors (Lipinski definition) is 2. The fourth-order valence-electron chi connectivity index (χ4n) is 2.36.